The van der Waals surface area contributed by atoms with Gasteiger partial charge in [0.2, 0.25) is 5.91 Å². The fourth-order valence-electron chi connectivity index (χ4n) is 5.20. The van der Waals surface area contributed by atoms with Gasteiger partial charge in [0, 0.05) is 23.9 Å². The van der Waals surface area contributed by atoms with Crippen LogP contribution in [0.3, 0.4) is 0 Å². The van der Waals surface area contributed by atoms with Gasteiger partial charge in [0.15, 0.2) is 0 Å². The van der Waals surface area contributed by atoms with Crippen LogP contribution in [-0.4, -0.2) is 51.1 Å². The minimum atomic E-state index is -4.81. The predicted octanol–water partition coefficient (Wildman–Crippen LogP) is 3.96. The molecule has 4 heterocycles. The number of benzene rings is 1. The maximum absolute atomic E-state index is 14.9. The monoisotopic (exact) mass is 503 g/mol. The lowest BCUT2D eigenvalue weighted by Gasteiger charge is -2.40. The highest BCUT2D eigenvalue weighted by Gasteiger charge is 2.53. The smallest absolute Gasteiger partial charge is 0.363 e. The summed E-state index contributed by atoms with van der Waals surface area (Å²) in [7, 11) is 1.93. The van der Waals surface area contributed by atoms with E-state index in [1.54, 1.807) is 31.1 Å². The molecule has 5 rings (SSSR count). The van der Waals surface area contributed by atoms with Crippen LogP contribution in [0.1, 0.15) is 47.6 Å². The Bertz CT molecular complexity index is 1310. The third-order valence-corrected chi connectivity index (χ3v) is 6.95. The van der Waals surface area contributed by atoms with Gasteiger partial charge >= 0.3 is 6.18 Å². The van der Waals surface area contributed by atoms with Crippen LogP contribution in [0.5, 0.6) is 0 Å². The number of rotatable bonds is 4. The van der Waals surface area contributed by atoms with E-state index in [-0.39, 0.29) is 18.0 Å². The van der Waals surface area contributed by atoms with Gasteiger partial charge in [0.1, 0.15) is 22.9 Å². The third-order valence-electron chi connectivity index (χ3n) is 6.95. The topological polar surface area (TPSA) is 90.0 Å². The number of fused-ring (bicyclic) bond motifs is 2. The fraction of sp³-hybridized carbons (Fsp3) is 0.417. The Morgan fingerprint density at radius 3 is 2.67 bits per heavy atom. The third kappa shape index (κ3) is 3.89. The second-order valence-electron chi connectivity index (χ2n) is 9.44. The zero-order chi connectivity index (χ0) is 25.8. The normalized spacial score (nSPS) is 21.2. The molecular weight excluding hydrogens is 478 g/mol. The second-order valence-corrected chi connectivity index (χ2v) is 9.44. The summed E-state index contributed by atoms with van der Waals surface area (Å²) in [5.74, 6) is -0.654. The molecule has 2 aliphatic rings. The quantitative estimate of drug-likeness (QED) is 0.524. The molecule has 0 aliphatic carbocycles. The zero-order valence-electron chi connectivity index (χ0n) is 19.9. The van der Waals surface area contributed by atoms with Crippen LogP contribution in [-0.2, 0) is 22.9 Å². The number of aromatic nitrogens is 4. The minimum Gasteiger partial charge on any atom is -0.363 e. The highest BCUT2D eigenvalue weighted by molar-refractivity contribution is 6.03. The van der Waals surface area contributed by atoms with E-state index in [4.69, 9.17) is 0 Å². The molecule has 8 nitrogen and oxygen atoms in total. The molecule has 1 amide bonds. The second kappa shape index (κ2) is 8.54. The molecular formula is C24H25F4N7O. The minimum absolute atomic E-state index is 0.0956. The molecule has 12 heteroatoms. The maximum Gasteiger partial charge on any atom is 0.419 e. The van der Waals surface area contributed by atoms with E-state index < -0.39 is 29.0 Å². The maximum atomic E-state index is 14.9. The average Bonchev–Trinajstić information content (AvgIpc) is 3.47. The van der Waals surface area contributed by atoms with E-state index >= 15 is 0 Å². The molecule has 190 valence electrons. The van der Waals surface area contributed by atoms with Crippen molar-refractivity contribution in [2.45, 2.75) is 44.4 Å². The highest BCUT2D eigenvalue weighted by Crippen LogP contribution is 2.44. The van der Waals surface area contributed by atoms with Crippen molar-refractivity contribution in [2.75, 3.05) is 30.4 Å². The van der Waals surface area contributed by atoms with Crippen LogP contribution in [0, 0.1) is 12.7 Å². The van der Waals surface area contributed by atoms with Gasteiger partial charge in [0.25, 0.3) is 0 Å². The van der Waals surface area contributed by atoms with Crippen LogP contribution >= 0.6 is 0 Å². The van der Waals surface area contributed by atoms with Crippen molar-refractivity contribution in [1.82, 2.24) is 25.1 Å². The first kappa shape index (κ1) is 24.2. The number of H-pyrrole nitrogens is 1. The van der Waals surface area contributed by atoms with E-state index in [0.717, 1.165) is 6.07 Å². The van der Waals surface area contributed by atoms with Crippen molar-refractivity contribution in [3.63, 3.8) is 0 Å². The Kier molecular flexibility index (Phi) is 5.73. The standard InChI is InChI=1S/C24H25F4N7O/c1-13(16-5-4-6-18(19(16)25)24(26,27)28)31-21-17-11-35(15-9-29-30-10-15)22(36)23(7-8-34(3)12-23)20(17)32-14(2)33-21/h4-6,9-10,13H,7-8,11-12H2,1-3H3,(H,29,30)(H,31,32,33)/t13-,23?/m1/s1. The first-order chi connectivity index (χ1) is 17.0. The molecule has 0 saturated carbocycles. The van der Waals surface area contributed by atoms with Gasteiger partial charge < -0.3 is 15.1 Å². The molecule has 36 heavy (non-hydrogen) atoms. The molecule has 3 aromatic rings. The van der Waals surface area contributed by atoms with Gasteiger partial charge in [-0.05, 0) is 39.9 Å². The summed E-state index contributed by atoms with van der Waals surface area (Å²) in [5.41, 5.74) is -0.528. The summed E-state index contributed by atoms with van der Waals surface area (Å²) < 4.78 is 54.7. The number of carbonyl (C=O) groups excluding carboxylic acids is 1. The molecule has 2 aromatic heterocycles. The number of nitrogens with one attached hydrogen (secondary N) is 2. The van der Waals surface area contributed by atoms with Crippen molar-refractivity contribution in [1.29, 1.82) is 0 Å². The molecule has 1 aromatic carbocycles. The van der Waals surface area contributed by atoms with Crippen molar-refractivity contribution in [3.05, 3.63) is 64.6 Å². The number of halogens is 4. The average molecular weight is 504 g/mol. The van der Waals surface area contributed by atoms with Crippen molar-refractivity contribution in [3.8, 4) is 0 Å². The Morgan fingerprint density at radius 1 is 1.25 bits per heavy atom. The molecule has 1 unspecified atom stereocenters. The molecule has 1 spiro atoms. The van der Waals surface area contributed by atoms with Crippen LogP contribution in [0.4, 0.5) is 29.1 Å². The van der Waals surface area contributed by atoms with E-state index in [1.165, 1.54) is 12.1 Å². The number of alkyl halides is 3. The lowest BCUT2D eigenvalue weighted by molar-refractivity contribution is -0.140. The molecule has 1 saturated heterocycles. The predicted molar refractivity (Wildman–Crippen MR) is 124 cm³/mol. The van der Waals surface area contributed by atoms with E-state index in [9.17, 15) is 22.4 Å². The van der Waals surface area contributed by atoms with E-state index in [1.807, 2.05) is 7.05 Å². The number of likely N-dealkylation sites (tertiary alicyclic amines) is 1. The molecule has 0 radical (unpaired) electrons. The summed E-state index contributed by atoms with van der Waals surface area (Å²) >= 11 is 0. The number of aromatic amines is 1. The summed E-state index contributed by atoms with van der Waals surface area (Å²) in [5, 5.41) is 9.81. The number of aryl methyl sites for hydroxylation is 1. The van der Waals surface area contributed by atoms with Crippen molar-refractivity contribution < 1.29 is 22.4 Å². The Balaban J connectivity index is 1.60. The van der Waals surface area contributed by atoms with Gasteiger partial charge in [-0.3, -0.25) is 9.89 Å². The zero-order valence-corrected chi connectivity index (χ0v) is 19.9. The molecule has 2 aliphatic heterocycles. The van der Waals surface area contributed by atoms with Gasteiger partial charge in [-0.2, -0.15) is 18.3 Å². The van der Waals surface area contributed by atoms with Gasteiger partial charge in [0.05, 0.1) is 35.7 Å². The molecule has 2 atom stereocenters. The molecule has 0 bridgehead atoms. The van der Waals surface area contributed by atoms with Gasteiger partial charge in [-0.15, -0.1) is 0 Å². The van der Waals surface area contributed by atoms with Crippen LogP contribution in [0.25, 0.3) is 0 Å². The molecule has 1 fully saturated rings. The lowest BCUT2D eigenvalue weighted by atomic mass is 9.76. The lowest BCUT2D eigenvalue weighted by Crippen LogP contribution is -2.53. The number of hydrogen-bond acceptors (Lipinski definition) is 6. The number of amides is 1. The molecule has 2 N–H and O–H groups in total. The number of hydrogen-bond donors (Lipinski definition) is 2. The van der Waals surface area contributed by atoms with E-state index in [0.29, 0.717) is 48.1 Å². The number of anilines is 2. The Hall–Kier alpha value is -3.54. The van der Waals surface area contributed by atoms with E-state index in [2.05, 4.69) is 30.4 Å². The highest BCUT2D eigenvalue weighted by atomic mass is 19.4. The fourth-order valence-corrected chi connectivity index (χ4v) is 5.20. The Morgan fingerprint density at radius 2 is 2.03 bits per heavy atom. The van der Waals surface area contributed by atoms with Gasteiger partial charge in [-0.1, -0.05) is 12.1 Å². The largest absolute Gasteiger partial charge is 0.419 e. The number of nitrogens with zero attached hydrogens (tertiary/aromatic N) is 5. The number of carbonyl (C=O) groups is 1. The first-order valence-electron chi connectivity index (χ1n) is 11.5. The summed E-state index contributed by atoms with van der Waals surface area (Å²) in [6.07, 6.45) is -1.08. The SMILES string of the molecule is Cc1nc(N[C@H](C)c2cccc(C(F)(F)F)c2F)c2c(n1)C1(CCN(C)C1)C(=O)N(c1cn[nH]c1)C2. The number of likely N-dealkylation sites (N-methyl/N-ethyl adjacent to an activating group) is 1. The first-order valence-corrected chi connectivity index (χ1v) is 11.5. The van der Waals surface area contributed by atoms with Crippen molar-refractivity contribution >= 4 is 17.4 Å². The van der Waals surface area contributed by atoms with Crippen LogP contribution < -0.4 is 10.2 Å². The van der Waals surface area contributed by atoms with Crippen molar-refractivity contribution in [2.24, 2.45) is 0 Å². The van der Waals surface area contributed by atoms with Gasteiger partial charge in [-0.25, -0.2) is 14.4 Å². The van der Waals surface area contributed by atoms with Crippen LogP contribution in [0.15, 0.2) is 30.6 Å². The van der Waals surface area contributed by atoms with Crippen LogP contribution in [0.2, 0.25) is 0 Å². The summed E-state index contributed by atoms with van der Waals surface area (Å²) in [6.45, 7) is 4.56. The summed E-state index contributed by atoms with van der Waals surface area (Å²) in [4.78, 5) is 26.7. The summed E-state index contributed by atoms with van der Waals surface area (Å²) in [6, 6.07) is 2.38. The Labute approximate surface area is 204 Å².